The number of pyridine rings is 1. The summed E-state index contributed by atoms with van der Waals surface area (Å²) in [4.78, 5) is 21.5. The van der Waals surface area contributed by atoms with Gasteiger partial charge in [0.1, 0.15) is 16.5 Å². The van der Waals surface area contributed by atoms with Gasteiger partial charge in [-0.2, -0.15) is 0 Å². The van der Waals surface area contributed by atoms with Crippen molar-refractivity contribution in [3.05, 3.63) is 40.1 Å². The van der Waals surface area contributed by atoms with Crippen molar-refractivity contribution in [2.24, 2.45) is 0 Å². The molecule has 0 saturated heterocycles. The van der Waals surface area contributed by atoms with Crippen molar-refractivity contribution in [2.45, 2.75) is 43.8 Å². The Morgan fingerprint density at radius 3 is 3.04 bits per heavy atom. The number of aromatic nitrogens is 5. The largest absolute Gasteiger partial charge is 0.349 e. The Bertz CT molecular complexity index is 966. The van der Waals surface area contributed by atoms with Gasteiger partial charge in [-0.05, 0) is 38.2 Å². The number of hydrogen-bond acceptors (Lipinski definition) is 7. The molecule has 9 heteroatoms. The van der Waals surface area contributed by atoms with E-state index in [1.165, 1.54) is 11.8 Å². The van der Waals surface area contributed by atoms with Gasteiger partial charge in [0.05, 0.1) is 10.6 Å². The third-order valence-electron chi connectivity index (χ3n) is 4.64. The van der Waals surface area contributed by atoms with Crippen LogP contribution in [-0.4, -0.2) is 42.9 Å². The second-order valence-electron chi connectivity index (χ2n) is 6.40. The summed E-state index contributed by atoms with van der Waals surface area (Å²) in [6.07, 6.45) is 6.10. The van der Waals surface area contributed by atoms with Crippen molar-refractivity contribution in [1.82, 2.24) is 30.0 Å². The Morgan fingerprint density at radius 1 is 1.37 bits per heavy atom. The van der Waals surface area contributed by atoms with E-state index >= 15 is 0 Å². The molecule has 1 atom stereocenters. The molecule has 1 aliphatic rings. The number of thioether (sulfide) groups is 1. The highest BCUT2D eigenvalue weighted by atomic mass is 32.2. The van der Waals surface area contributed by atoms with Crippen LogP contribution in [0.1, 0.15) is 34.0 Å². The molecule has 140 valence electrons. The molecule has 4 rings (SSSR count). The van der Waals surface area contributed by atoms with E-state index < -0.39 is 0 Å². The number of rotatable bonds is 4. The van der Waals surface area contributed by atoms with Crippen LogP contribution in [0.25, 0.3) is 11.5 Å². The molecule has 0 spiro atoms. The van der Waals surface area contributed by atoms with Crippen molar-refractivity contribution in [1.29, 1.82) is 0 Å². The number of carbonyl (C=O) groups excluding carboxylic acids is 1. The van der Waals surface area contributed by atoms with Crippen molar-refractivity contribution < 1.29 is 4.79 Å². The van der Waals surface area contributed by atoms with E-state index in [9.17, 15) is 4.79 Å². The van der Waals surface area contributed by atoms with Crippen molar-refractivity contribution in [3.8, 4) is 11.5 Å². The summed E-state index contributed by atoms with van der Waals surface area (Å²) in [7, 11) is 0. The third kappa shape index (κ3) is 3.74. The summed E-state index contributed by atoms with van der Waals surface area (Å²) >= 11 is 3.09. The molecular formula is C18H20N6OS2. The molecule has 1 amide bonds. The summed E-state index contributed by atoms with van der Waals surface area (Å²) in [5.41, 5.74) is 1.51. The van der Waals surface area contributed by atoms with Gasteiger partial charge in [-0.15, -0.1) is 33.3 Å². The maximum absolute atomic E-state index is 12.7. The first kappa shape index (κ1) is 18.1. The molecule has 4 heterocycles. The highest BCUT2D eigenvalue weighted by Crippen LogP contribution is 2.24. The fraction of sp³-hybridized carbons (Fsp3) is 0.389. The minimum Gasteiger partial charge on any atom is -0.349 e. The van der Waals surface area contributed by atoms with Crippen LogP contribution in [-0.2, 0) is 13.0 Å². The molecule has 27 heavy (non-hydrogen) atoms. The summed E-state index contributed by atoms with van der Waals surface area (Å²) in [5, 5.41) is 15.6. The average Bonchev–Trinajstić information content (AvgIpc) is 3.24. The first-order valence-corrected chi connectivity index (χ1v) is 10.9. The van der Waals surface area contributed by atoms with Gasteiger partial charge >= 0.3 is 0 Å². The average molecular weight is 401 g/mol. The molecule has 0 fully saturated rings. The predicted molar refractivity (Wildman–Crippen MR) is 106 cm³/mol. The van der Waals surface area contributed by atoms with Crippen LogP contribution in [0.5, 0.6) is 0 Å². The molecule has 0 aromatic carbocycles. The van der Waals surface area contributed by atoms with E-state index in [-0.39, 0.29) is 11.9 Å². The molecule has 1 aliphatic heterocycles. The molecule has 0 aliphatic carbocycles. The van der Waals surface area contributed by atoms with Gasteiger partial charge in [0.2, 0.25) is 0 Å². The van der Waals surface area contributed by atoms with Crippen LogP contribution in [0, 0.1) is 6.92 Å². The second-order valence-corrected chi connectivity index (χ2v) is 8.26. The number of aryl methyl sites for hydroxylation is 2. The van der Waals surface area contributed by atoms with Crippen LogP contribution in [0.2, 0.25) is 0 Å². The van der Waals surface area contributed by atoms with Gasteiger partial charge in [0, 0.05) is 30.6 Å². The molecular weight excluding hydrogens is 380 g/mol. The van der Waals surface area contributed by atoms with Gasteiger partial charge in [-0.3, -0.25) is 4.79 Å². The number of amides is 1. The van der Waals surface area contributed by atoms with Crippen molar-refractivity contribution >= 4 is 29.0 Å². The zero-order chi connectivity index (χ0) is 18.8. The van der Waals surface area contributed by atoms with E-state index in [1.54, 1.807) is 23.6 Å². The highest BCUT2D eigenvalue weighted by Gasteiger charge is 2.24. The Balaban J connectivity index is 1.48. The van der Waals surface area contributed by atoms with Gasteiger partial charge in [0.25, 0.3) is 5.91 Å². The minimum absolute atomic E-state index is 0.0644. The smallest absolute Gasteiger partial charge is 0.254 e. The Labute approximate surface area is 165 Å². The van der Waals surface area contributed by atoms with Crippen LogP contribution in [0.15, 0.2) is 28.7 Å². The monoisotopic (exact) mass is 400 g/mol. The number of fused-ring (bicyclic) bond motifs is 1. The summed E-state index contributed by atoms with van der Waals surface area (Å²) in [6, 6.07) is 3.72. The maximum Gasteiger partial charge on any atom is 0.254 e. The molecule has 1 unspecified atom stereocenters. The topological polar surface area (TPSA) is 85.6 Å². The minimum atomic E-state index is -0.0644. The molecule has 1 N–H and O–H groups in total. The molecule has 3 aromatic rings. The van der Waals surface area contributed by atoms with E-state index in [0.29, 0.717) is 5.56 Å². The number of thiazole rings is 1. The van der Waals surface area contributed by atoms with Crippen molar-refractivity contribution in [3.63, 3.8) is 0 Å². The normalized spacial score (nSPS) is 16.6. The molecule has 3 aromatic heterocycles. The molecule has 7 nitrogen and oxygen atoms in total. The van der Waals surface area contributed by atoms with Gasteiger partial charge in [0.15, 0.2) is 5.82 Å². The lowest BCUT2D eigenvalue weighted by Crippen LogP contribution is -2.35. The van der Waals surface area contributed by atoms with Gasteiger partial charge in [-0.25, -0.2) is 9.97 Å². The lowest BCUT2D eigenvalue weighted by Gasteiger charge is -2.17. The lowest BCUT2D eigenvalue weighted by molar-refractivity contribution is 0.0929. The summed E-state index contributed by atoms with van der Waals surface area (Å²) in [5.74, 6) is 1.71. The number of hydrogen-bond donors (Lipinski definition) is 1. The first-order valence-electron chi connectivity index (χ1n) is 8.80. The van der Waals surface area contributed by atoms with Gasteiger partial charge < -0.3 is 9.88 Å². The Morgan fingerprint density at radius 2 is 2.26 bits per heavy atom. The second kappa shape index (κ2) is 7.77. The first-order chi connectivity index (χ1) is 13.2. The van der Waals surface area contributed by atoms with Crippen LogP contribution in [0.3, 0.4) is 0 Å². The third-order valence-corrected chi connectivity index (χ3v) is 6.12. The quantitative estimate of drug-likeness (QED) is 0.678. The zero-order valence-electron chi connectivity index (χ0n) is 15.2. The summed E-state index contributed by atoms with van der Waals surface area (Å²) < 4.78 is 2.14. The number of carbonyl (C=O) groups is 1. The van der Waals surface area contributed by atoms with Crippen molar-refractivity contribution in [2.75, 3.05) is 6.26 Å². The van der Waals surface area contributed by atoms with E-state index in [0.717, 1.165) is 53.2 Å². The van der Waals surface area contributed by atoms with Gasteiger partial charge in [-0.1, -0.05) is 0 Å². The Hall–Kier alpha value is -2.26. The van der Waals surface area contributed by atoms with E-state index in [2.05, 4.69) is 30.0 Å². The molecule has 0 saturated carbocycles. The van der Waals surface area contributed by atoms with E-state index in [1.807, 2.05) is 24.6 Å². The fourth-order valence-electron chi connectivity index (χ4n) is 3.28. The predicted octanol–water partition coefficient (Wildman–Crippen LogP) is 2.96. The standard InChI is InChI=1S/C18H20N6OS2/c1-11-20-14(10-27-11)16-23-22-15-6-5-12(7-9-24(15)16)21-17(25)13-4-3-8-19-18(13)26-2/h3-4,8,10,12H,5-7,9H2,1-2H3,(H,21,25). The number of nitrogens with one attached hydrogen (secondary N) is 1. The molecule has 0 bridgehead atoms. The molecule has 0 radical (unpaired) electrons. The van der Waals surface area contributed by atoms with E-state index in [4.69, 9.17) is 0 Å². The highest BCUT2D eigenvalue weighted by molar-refractivity contribution is 7.98. The van der Waals surface area contributed by atoms with Crippen LogP contribution in [0.4, 0.5) is 0 Å². The van der Waals surface area contributed by atoms with Crippen LogP contribution < -0.4 is 5.32 Å². The lowest BCUT2D eigenvalue weighted by atomic mass is 10.1. The number of nitrogens with zero attached hydrogens (tertiary/aromatic N) is 5. The zero-order valence-corrected chi connectivity index (χ0v) is 16.8. The SMILES string of the molecule is CSc1ncccc1C(=O)NC1CCc2nnc(-c3csc(C)n3)n2CC1. The summed E-state index contributed by atoms with van der Waals surface area (Å²) in [6.45, 7) is 2.75. The Kier molecular flexibility index (Phi) is 5.22. The fourth-order valence-corrected chi connectivity index (χ4v) is 4.42. The maximum atomic E-state index is 12.7. The van der Waals surface area contributed by atoms with Crippen LogP contribution >= 0.6 is 23.1 Å².